The molecule has 0 aliphatic heterocycles. The number of hydrogen-bond acceptors (Lipinski definition) is 5. The van der Waals surface area contributed by atoms with Crippen LogP contribution in [0.1, 0.15) is 10.6 Å². The molecule has 0 spiro atoms. The highest BCUT2D eigenvalue weighted by Crippen LogP contribution is 2.16. The van der Waals surface area contributed by atoms with E-state index in [1.54, 1.807) is 18.3 Å². The van der Waals surface area contributed by atoms with Gasteiger partial charge in [0, 0.05) is 16.8 Å². The summed E-state index contributed by atoms with van der Waals surface area (Å²) in [6.45, 7) is 1.94. The van der Waals surface area contributed by atoms with E-state index in [1.807, 2.05) is 6.92 Å². The zero-order valence-electron chi connectivity index (χ0n) is 9.30. The summed E-state index contributed by atoms with van der Waals surface area (Å²) in [5.74, 6) is -0.128. The zero-order valence-corrected chi connectivity index (χ0v) is 10.1. The first-order chi connectivity index (χ1) is 8.13. The summed E-state index contributed by atoms with van der Waals surface area (Å²) in [4.78, 5) is 20.8. The molecule has 2 rings (SSSR count). The molecular formula is C11H12N4OS. The molecule has 0 radical (unpaired) electrons. The van der Waals surface area contributed by atoms with Crippen molar-refractivity contribution in [3.8, 4) is 0 Å². The van der Waals surface area contributed by atoms with Crippen LogP contribution in [0, 0.1) is 6.92 Å². The highest BCUT2D eigenvalue weighted by molar-refractivity contribution is 7.15. The third-order valence-electron chi connectivity index (χ3n) is 2.06. The maximum absolute atomic E-state index is 11.7. The van der Waals surface area contributed by atoms with Crippen molar-refractivity contribution in [2.45, 2.75) is 13.3 Å². The second kappa shape index (κ2) is 4.92. The molecule has 0 saturated carbocycles. The van der Waals surface area contributed by atoms with Crippen molar-refractivity contribution in [1.29, 1.82) is 0 Å². The van der Waals surface area contributed by atoms with Crippen molar-refractivity contribution >= 4 is 28.1 Å². The van der Waals surface area contributed by atoms with Crippen LogP contribution in [0.15, 0.2) is 24.5 Å². The number of anilines is 2. The highest BCUT2D eigenvalue weighted by atomic mass is 32.1. The van der Waals surface area contributed by atoms with E-state index in [-0.39, 0.29) is 12.3 Å². The fraction of sp³-hybridized carbons (Fsp3) is 0.182. The Balaban J connectivity index is 1.95. The average Bonchev–Trinajstić information content (AvgIpc) is 2.67. The number of pyridine rings is 1. The smallest absolute Gasteiger partial charge is 0.232 e. The first-order valence-electron chi connectivity index (χ1n) is 5.06. The van der Waals surface area contributed by atoms with Crippen LogP contribution >= 0.6 is 11.3 Å². The van der Waals surface area contributed by atoms with Gasteiger partial charge in [-0.1, -0.05) is 0 Å². The van der Waals surface area contributed by atoms with Crippen LogP contribution < -0.4 is 11.1 Å². The van der Waals surface area contributed by atoms with Crippen LogP contribution in [0.2, 0.25) is 0 Å². The highest BCUT2D eigenvalue weighted by Gasteiger charge is 2.07. The molecule has 0 atom stereocenters. The molecule has 0 aliphatic carbocycles. The van der Waals surface area contributed by atoms with Gasteiger partial charge in [-0.15, -0.1) is 11.3 Å². The largest absolute Gasteiger partial charge is 0.397 e. The van der Waals surface area contributed by atoms with Crippen molar-refractivity contribution in [2.24, 2.45) is 0 Å². The second-order valence-corrected chi connectivity index (χ2v) is 4.82. The molecule has 5 nitrogen and oxygen atoms in total. The fourth-order valence-electron chi connectivity index (χ4n) is 1.28. The Morgan fingerprint density at radius 3 is 2.82 bits per heavy atom. The number of carbonyl (C=O) groups excluding carboxylic acids is 1. The minimum Gasteiger partial charge on any atom is -0.397 e. The van der Waals surface area contributed by atoms with Crippen LogP contribution in [0.3, 0.4) is 0 Å². The number of thiazole rings is 1. The van der Waals surface area contributed by atoms with Crippen LogP contribution in [-0.4, -0.2) is 15.9 Å². The zero-order chi connectivity index (χ0) is 12.3. The molecule has 88 valence electrons. The standard InChI is InChI=1S/C11H12N4OS/c1-7-5-14-11(17-7)15-10(16)4-9-3-2-8(12)6-13-9/h2-3,5-6H,4,12H2,1H3,(H,14,15,16). The summed E-state index contributed by atoms with van der Waals surface area (Å²) >= 11 is 1.45. The Hall–Kier alpha value is -1.95. The van der Waals surface area contributed by atoms with Gasteiger partial charge < -0.3 is 11.1 Å². The van der Waals surface area contributed by atoms with E-state index in [1.165, 1.54) is 17.5 Å². The SMILES string of the molecule is Cc1cnc(NC(=O)Cc2ccc(N)cn2)s1. The van der Waals surface area contributed by atoms with E-state index in [4.69, 9.17) is 5.73 Å². The Labute approximate surface area is 103 Å². The first kappa shape index (κ1) is 11.5. The fourth-order valence-corrected chi connectivity index (χ4v) is 1.96. The lowest BCUT2D eigenvalue weighted by atomic mass is 10.2. The van der Waals surface area contributed by atoms with E-state index in [0.717, 1.165) is 4.88 Å². The molecule has 0 saturated heterocycles. The van der Waals surface area contributed by atoms with Crippen LogP contribution in [0.4, 0.5) is 10.8 Å². The topological polar surface area (TPSA) is 80.9 Å². The van der Waals surface area contributed by atoms with Crippen molar-refractivity contribution in [2.75, 3.05) is 11.1 Å². The van der Waals surface area contributed by atoms with E-state index in [0.29, 0.717) is 16.5 Å². The molecule has 6 heteroatoms. The molecule has 0 fully saturated rings. The summed E-state index contributed by atoms with van der Waals surface area (Å²) in [6, 6.07) is 3.46. The molecule has 2 heterocycles. The van der Waals surface area contributed by atoms with Gasteiger partial charge in [0.2, 0.25) is 5.91 Å². The summed E-state index contributed by atoms with van der Waals surface area (Å²) < 4.78 is 0. The normalized spacial score (nSPS) is 10.2. The number of nitrogens with one attached hydrogen (secondary N) is 1. The summed E-state index contributed by atoms with van der Waals surface area (Å²) in [5.41, 5.74) is 6.79. The molecular weight excluding hydrogens is 236 g/mol. The lowest BCUT2D eigenvalue weighted by Crippen LogP contribution is -2.14. The third-order valence-corrected chi connectivity index (χ3v) is 2.89. The number of carbonyl (C=O) groups is 1. The van der Waals surface area contributed by atoms with E-state index in [9.17, 15) is 4.79 Å². The quantitative estimate of drug-likeness (QED) is 0.864. The Kier molecular flexibility index (Phi) is 3.34. The third kappa shape index (κ3) is 3.25. The molecule has 0 unspecified atom stereocenters. The Morgan fingerprint density at radius 1 is 1.41 bits per heavy atom. The second-order valence-electron chi connectivity index (χ2n) is 3.58. The first-order valence-corrected chi connectivity index (χ1v) is 5.88. The minimum atomic E-state index is -0.128. The van der Waals surface area contributed by atoms with Gasteiger partial charge in [-0.3, -0.25) is 9.78 Å². The number of hydrogen-bond donors (Lipinski definition) is 2. The molecule has 17 heavy (non-hydrogen) atoms. The van der Waals surface area contributed by atoms with E-state index < -0.39 is 0 Å². The van der Waals surface area contributed by atoms with Gasteiger partial charge in [0.15, 0.2) is 5.13 Å². The van der Waals surface area contributed by atoms with Gasteiger partial charge in [-0.05, 0) is 19.1 Å². The maximum Gasteiger partial charge on any atom is 0.232 e. The molecule has 0 bridgehead atoms. The van der Waals surface area contributed by atoms with Crippen molar-refractivity contribution < 1.29 is 4.79 Å². The maximum atomic E-state index is 11.7. The lowest BCUT2D eigenvalue weighted by molar-refractivity contribution is -0.115. The number of nitrogens with zero attached hydrogens (tertiary/aromatic N) is 2. The lowest BCUT2D eigenvalue weighted by Gasteiger charge is -2.01. The number of aromatic nitrogens is 2. The summed E-state index contributed by atoms with van der Waals surface area (Å²) in [5, 5.41) is 3.34. The van der Waals surface area contributed by atoms with Crippen molar-refractivity contribution in [3.63, 3.8) is 0 Å². The monoisotopic (exact) mass is 248 g/mol. The Morgan fingerprint density at radius 2 is 2.24 bits per heavy atom. The van der Waals surface area contributed by atoms with Gasteiger partial charge in [0.25, 0.3) is 0 Å². The van der Waals surface area contributed by atoms with Gasteiger partial charge in [0.05, 0.1) is 18.3 Å². The molecule has 3 N–H and O–H groups in total. The predicted octanol–water partition coefficient (Wildman–Crippen LogP) is 1.61. The summed E-state index contributed by atoms with van der Waals surface area (Å²) in [6.07, 6.45) is 3.48. The average molecular weight is 248 g/mol. The minimum absolute atomic E-state index is 0.128. The van der Waals surface area contributed by atoms with E-state index >= 15 is 0 Å². The molecule has 2 aromatic heterocycles. The molecule has 1 amide bonds. The number of aryl methyl sites for hydroxylation is 1. The number of nitrogen functional groups attached to an aromatic ring is 1. The van der Waals surface area contributed by atoms with Gasteiger partial charge in [0.1, 0.15) is 0 Å². The number of rotatable bonds is 3. The summed E-state index contributed by atoms with van der Waals surface area (Å²) in [7, 11) is 0. The molecule has 0 aromatic carbocycles. The number of nitrogens with two attached hydrogens (primary N) is 1. The van der Waals surface area contributed by atoms with E-state index in [2.05, 4.69) is 15.3 Å². The van der Waals surface area contributed by atoms with Gasteiger partial charge in [-0.2, -0.15) is 0 Å². The van der Waals surface area contributed by atoms with Crippen LogP contribution in [0.25, 0.3) is 0 Å². The van der Waals surface area contributed by atoms with Crippen molar-refractivity contribution in [1.82, 2.24) is 9.97 Å². The predicted molar refractivity (Wildman–Crippen MR) is 67.8 cm³/mol. The number of amides is 1. The Bertz CT molecular complexity index is 521. The van der Waals surface area contributed by atoms with Crippen molar-refractivity contribution in [3.05, 3.63) is 35.1 Å². The van der Waals surface area contributed by atoms with Crippen LogP contribution in [0.5, 0.6) is 0 Å². The van der Waals surface area contributed by atoms with Gasteiger partial charge >= 0.3 is 0 Å². The molecule has 0 aliphatic rings. The van der Waals surface area contributed by atoms with Crippen LogP contribution in [-0.2, 0) is 11.2 Å². The molecule has 2 aromatic rings. The van der Waals surface area contributed by atoms with Gasteiger partial charge in [-0.25, -0.2) is 4.98 Å².